The number of aryl methyl sites for hydroxylation is 2. The van der Waals surface area contributed by atoms with Crippen molar-refractivity contribution in [2.24, 2.45) is 0 Å². The zero-order valence-electron chi connectivity index (χ0n) is 14.0. The molecule has 0 amide bonds. The molecule has 1 aliphatic rings. The van der Waals surface area contributed by atoms with Gasteiger partial charge < -0.3 is 9.64 Å². The number of nitrogens with zero attached hydrogens (tertiary/aromatic N) is 3. The van der Waals surface area contributed by atoms with Crippen molar-refractivity contribution in [3.63, 3.8) is 0 Å². The van der Waals surface area contributed by atoms with E-state index < -0.39 is 10.0 Å². The third-order valence-electron chi connectivity index (χ3n) is 4.12. The first-order valence-electron chi connectivity index (χ1n) is 7.73. The molecule has 0 atom stereocenters. The minimum Gasteiger partial charge on any atom is -0.497 e. The summed E-state index contributed by atoms with van der Waals surface area (Å²) in [6, 6.07) is 5.07. The molecule has 8 heteroatoms. The molecule has 0 saturated carbocycles. The van der Waals surface area contributed by atoms with Gasteiger partial charge in [-0.15, -0.1) is 11.3 Å². The summed E-state index contributed by atoms with van der Waals surface area (Å²) in [6.45, 7) is 6.00. The number of hydrogen-bond acceptors (Lipinski definition) is 6. The quantitative estimate of drug-likeness (QED) is 0.830. The first kappa shape index (κ1) is 17.2. The van der Waals surface area contributed by atoms with E-state index in [1.165, 1.54) is 0 Å². The Bertz CT molecular complexity index is 825. The number of methoxy groups -OCH3 is 1. The van der Waals surface area contributed by atoms with Gasteiger partial charge in [0.25, 0.3) is 0 Å². The highest BCUT2D eigenvalue weighted by Crippen LogP contribution is 2.26. The van der Waals surface area contributed by atoms with E-state index in [1.54, 1.807) is 47.9 Å². The number of hydrogen-bond donors (Lipinski definition) is 0. The van der Waals surface area contributed by atoms with Gasteiger partial charge >= 0.3 is 0 Å². The monoisotopic (exact) mass is 367 g/mol. The highest BCUT2D eigenvalue weighted by atomic mass is 32.2. The smallest absolute Gasteiger partial charge is 0.243 e. The molecule has 1 aliphatic heterocycles. The molecule has 0 radical (unpaired) electrons. The number of ether oxygens (including phenoxy) is 1. The lowest BCUT2D eigenvalue weighted by atomic mass is 10.2. The van der Waals surface area contributed by atoms with Crippen molar-refractivity contribution in [1.82, 2.24) is 9.29 Å². The SMILES string of the molecule is COc1ccc(S(=O)(=O)N2CCN(c3nc(C)cs3)CC2)c(C)c1. The van der Waals surface area contributed by atoms with E-state index in [0.717, 1.165) is 10.8 Å². The Kier molecular flexibility index (Phi) is 4.80. The lowest BCUT2D eigenvalue weighted by Gasteiger charge is -2.34. The highest BCUT2D eigenvalue weighted by Gasteiger charge is 2.30. The number of thiazole rings is 1. The van der Waals surface area contributed by atoms with Crippen LogP contribution in [-0.4, -0.2) is 51.0 Å². The van der Waals surface area contributed by atoms with Crippen LogP contribution in [0.1, 0.15) is 11.3 Å². The van der Waals surface area contributed by atoms with Crippen molar-refractivity contribution in [2.45, 2.75) is 18.7 Å². The maximum absolute atomic E-state index is 12.9. The van der Waals surface area contributed by atoms with Crippen LogP contribution in [0.4, 0.5) is 5.13 Å². The molecule has 1 aromatic heterocycles. The van der Waals surface area contributed by atoms with E-state index in [9.17, 15) is 8.42 Å². The van der Waals surface area contributed by atoms with Crippen molar-refractivity contribution in [3.8, 4) is 5.75 Å². The Balaban J connectivity index is 1.75. The van der Waals surface area contributed by atoms with E-state index in [2.05, 4.69) is 9.88 Å². The second kappa shape index (κ2) is 6.70. The number of rotatable bonds is 4. The van der Waals surface area contributed by atoms with Crippen molar-refractivity contribution in [3.05, 3.63) is 34.8 Å². The molecule has 130 valence electrons. The van der Waals surface area contributed by atoms with E-state index in [1.807, 2.05) is 12.3 Å². The van der Waals surface area contributed by atoms with Crippen LogP contribution in [0, 0.1) is 13.8 Å². The lowest BCUT2D eigenvalue weighted by Crippen LogP contribution is -2.48. The fourth-order valence-electron chi connectivity index (χ4n) is 2.78. The van der Waals surface area contributed by atoms with Gasteiger partial charge in [-0.25, -0.2) is 13.4 Å². The number of piperazine rings is 1. The first-order chi connectivity index (χ1) is 11.4. The predicted octanol–water partition coefficient (Wildman–Crippen LogP) is 2.28. The van der Waals surface area contributed by atoms with Gasteiger partial charge in [-0.3, -0.25) is 0 Å². The Morgan fingerprint density at radius 1 is 1.17 bits per heavy atom. The van der Waals surface area contributed by atoms with Gasteiger partial charge in [-0.1, -0.05) is 0 Å². The maximum Gasteiger partial charge on any atom is 0.243 e. The summed E-state index contributed by atoms with van der Waals surface area (Å²) in [5, 5.41) is 2.98. The standard InChI is InChI=1S/C16H21N3O3S2/c1-12-10-14(22-3)4-5-15(12)24(20,21)19-8-6-18(7-9-19)16-17-13(2)11-23-16/h4-5,10-11H,6-9H2,1-3H3. The number of anilines is 1. The molecule has 2 aromatic rings. The van der Waals surface area contributed by atoms with Crippen LogP contribution in [0.15, 0.2) is 28.5 Å². The molecule has 0 aliphatic carbocycles. The van der Waals surface area contributed by atoms with E-state index in [-0.39, 0.29) is 0 Å². The largest absolute Gasteiger partial charge is 0.497 e. The Labute approximate surface area is 146 Å². The van der Waals surface area contributed by atoms with Gasteiger partial charge in [-0.2, -0.15) is 4.31 Å². The van der Waals surface area contributed by atoms with Gasteiger partial charge in [0.15, 0.2) is 5.13 Å². The molecule has 0 N–H and O–H groups in total. The third kappa shape index (κ3) is 3.26. The second-order valence-electron chi connectivity index (χ2n) is 5.79. The highest BCUT2D eigenvalue weighted by molar-refractivity contribution is 7.89. The van der Waals surface area contributed by atoms with Crippen LogP contribution < -0.4 is 9.64 Å². The molecule has 0 bridgehead atoms. The number of benzene rings is 1. The summed E-state index contributed by atoms with van der Waals surface area (Å²) in [6.07, 6.45) is 0. The summed E-state index contributed by atoms with van der Waals surface area (Å²) >= 11 is 1.60. The van der Waals surface area contributed by atoms with Crippen LogP contribution >= 0.6 is 11.3 Å². The Morgan fingerprint density at radius 2 is 1.88 bits per heavy atom. The van der Waals surface area contributed by atoms with Crippen molar-refractivity contribution >= 4 is 26.5 Å². The molecular weight excluding hydrogens is 346 g/mol. The van der Waals surface area contributed by atoms with E-state index >= 15 is 0 Å². The van der Waals surface area contributed by atoms with Gasteiger partial charge in [0, 0.05) is 31.6 Å². The van der Waals surface area contributed by atoms with Crippen LogP contribution in [0.5, 0.6) is 5.75 Å². The molecule has 0 spiro atoms. The lowest BCUT2D eigenvalue weighted by molar-refractivity contribution is 0.384. The average molecular weight is 367 g/mol. The molecule has 0 unspecified atom stereocenters. The van der Waals surface area contributed by atoms with Gasteiger partial charge in [0.2, 0.25) is 10.0 Å². The first-order valence-corrected chi connectivity index (χ1v) is 10.1. The molecule has 1 saturated heterocycles. The molecule has 1 fully saturated rings. The predicted molar refractivity (Wildman–Crippen MR) is 95.6 cm³/mol. The van der Waals surface area contributed by atoms with Gasteiger partial charge in [-0.05, 0) is 37.6 Å². The molecule has 2 heterocycles. The fourth-order valence-corrected chi connectivity index (χ4v) is 5.27. The Morgan fingerprint density at radius 3 is 2.42 bits per heavy atom. The van der Waals surface area contributed by atoms with Crippen LogP contribution in [0.25, 0.3) is 0 Å². The van der Waals surface area contributed by atoms with Crippen molar-refractivity contribution < 1.29 is 13.2 Å². The minimum absolute atomic E-state index is 0.349. The normalized spacial score (nSPS) is 16.4. The molecule has 24 heavy (non-hydrogen) atoms. The molecule has 6 nitrogen and oxygen atoms in total. The van der Waals surface area contributed by atoms with Crippen molar-refractivity contribution in [1.29, 1.82) is 0 Å². The van der Waals surface area contributed by atoms with Crippen molar-refractivity contribution in [2.75, 3.05) is 38.2 Å². The summed E-state index contributed by atoms with van der Waals surface area (Å²) in [4.78, 5) is 6.97. The number of aromatic nitrogens is 1. The van der Waals surface area contributed by atoms with Crippen LogP contribution in [-0.2, 0) is 10.0 Å². The Hall–Kier alpha value is -1.64. The molecule has 1 aromatic carbocycles. The third-order valence-corrected chi connectivity index (χ3v) is 7.19. The summed E-state index contributed by atoms with van der Waals surface area (Å²) in [5.74, 6) is 0.662. The minimum atomic E-state index is -3.48. The van der Waals surface area contributed by atoms with Gasteiger partial charge in [0.05, 0.1) is 17.7 Å². The zero-order valence-corrected chi connectivity index (χ0v) is 15.7. The van der Waals surface area contributed by atoms with Gasteiger partial charge in [0.1, 0.15) is 5.75 Å². The topological polar surface area (TPSA) is 62.7 Å². The maximum atomic E-state index is 12.9. The average Bonchev–Trinajstić information content (AvgIpc) is 3.01. The molecule has 3 rings (SSSR count). The zero-order chi connectivity index (χ0) is 17.3. The molecular formula is C16H21N3O3S2. The van der Waals surface area contributed by atoms with Crippen LogP contribution in [0.3, 0.4) is 0 Å². The van der Waals surface area contributed by atoms with E-state index in [0.29, 0.717) is 42.4 Å². The second-order valence-corrected chi connectivity index (χ2v) is 8.54. The number of sulfonamides is 1. The summed E-state index contributed by atoms with van der Waals surface area (Å²) in [5.41, 5.74) is 1.70. The summed E-state index contributed by atoms with van der Waals surface area (Å²) in [7, 11) is -1.91. The fraction of sp³-hybridized carbons (Fsp3) is 0.438. The van der Waals surface area contributed by atoms with Crippen LogP contribution in [0.2, 0.25) is 0 Å². The van der Waals surface area contributed by atoms with E-state index in [4.69, 9.17) is 4.74 Å². The summed E-state index contributed by atoms with van der Waals surface area (Å²) < 4.78 is 32.5.